The van der Waals surface area contributed by atoms with E-state index in [4.69, 9.17) is 21.1 Å². The maximum atomic E-state index is 11.6. The summed E-state index contributed by atoms with van der Waals surface area (Å²) in [5.74, 6) is 0.904. The molecule has 1 aliphatic rings. The first-order valence-electron chi connectivity index (χ1n) is 6.33. The van der Waals surface area contributed by atoms with E-state index in [9.17, 15) is 4.79 Å². The highest BCUT2D eigenvalue weighted by atomic mass is 35.5. The van der Waals surface area contributed by atoms with Gasteiger partial charge < -0.3 is 14.2 Å². The molecule has 1 aromatic carbocycles. The van der Waals surface area contributed by atoms with Gasteiger partial charge in [-0.15, -0.1) is 11.3 Å². The number of hydrogen-bond acceptors (Lipinski definition) is 6. The van der Waals surface area contributed by atoms with E-state index >= 15 is 0 Å². The van der Waals surface area contributed by atoms with Gasteiger partial charge in [-0.2, -0.15) is 0 Å². The third-order valence-electron chi connectivity index (χ3n) is 2.95. The zero-order chi connectivity index (χ0) is 14.8. The maximum absolute atomic E-state index is 11.6. The van der Waals surface area contributed by atoms with Crippen LogP contribution in [-0.4, -0.2) is 31.3 Å². The Morgan fingerprint density at radius 1 is 1.33 bits per heavy atom. The molecule has 0 radical (unpaired) electrons. The molecular formula is C14H12ClNO4S. The molecule has 21 heavy (non-hydrogen) atoms. The summed E-state index contributed by atoms with van der Waals surface area (Å²) >= 11 is 7.17. The summed E-state index contributed by atoms with van der Waals surface area (Å²) in [7, 11) is 1.31. The van der Waals surface area contributed by atoms with Crippen molar-refractivity contribution < 1.29 is 19.0 Å². The van der Waals surface area contributed by atoms with Gasteiger partial charge in [0.25, 0.3) is 0 Å². The Morgan fingerprint density at radius 2 is 2.10 bits per heavy atom. The average molecular weight is 326 g/mol. The van der Waals surface area contributed by atoms with Gasteiger partial charge in [-0.25, -0.2) is 9.78 Å². The van der Waals surface area contributed by atoms with Crippen molar-refractivity contribution in [3.8, 4) is 22.1 Å². The third kappa shape index (κ3) is 2.82. The van der Waals surface area contributed by atoms with Crippen LogP contribution in [0.5, 0.6) is 11.5 Å². The largest absolute Gasteiger partial charge is 0.490 e. The molecule has 0 amide bonds. The van der Waals surface area contributed by atoms with E-state index in [1.807, 2.05) is 18.2 Å². The highest BCUT2D eigenvalue weighted by Gasteiger charge is 2.19. The molecule has 0 spiro atoms. The van der Waals surface area contributed by atoms with Crippen LogP contribution in [0.15, 0.2) is 18.2 Å². The first kappa shape index (κ1) is 14.2. The van der Waals surface area contributed by atoms with E-state index < -0.39 is 5.97 Å². The summed E-state index contributed by atoms with van der Waals surface area (Å²) in [4.78, 5) is 16.1. The molecule has 0 unspecified atom stereocenters. The van der Waals surface area contributed by atoms with Crippen molar-refractivity contribution in [2.75, 3.05) is 20.3 Å². The van der Waals surface area contributed by atoms with Crippen molar-refractivity contribution in [2.24, 2.45) is 0 Å². The van der Waals surface area contributed by atoms with Crippen LogP contribution >= 0.6 is 22.9 Å². The van der Waals surface area contributed by atoms with Crippen LogP contribution in [0.4, 0.5) is 0 Å². The molecule has 0 atom stereocenters. The fourth-order valence-electron chi connectivity index (χ4n) is 1.94. The van der Waals surface area contributed by atoms with Crippen LogP contribution < -0.4 is 9.47 Å². The molecule has 0 bridgehead atoms. The fourth-order valence-corrected chi connectivity index (χ4v) is 3.14. The minimum atomic E-state index is -0.488. The lowest BCUT2D eigenvalue weighted by atomic mass is 10.2. The van der Waals surface area contributed by atoms with Crippen LogP contribution in [0.3, 0.4) is 0 Å². The van der Waals surface area contributed by atoms with Gasteiger partial charge in [0.1, 0.15) is 5.01 Å². The molecular weight excluding hydrogens is 314 g/mol. The van der Waals surface area contributed by atoms with Crippen molar-refractivity contribution in [1.29, 1.82) is 0 Å². The fraction of sp³-hybridized carbons (Fsp3) is 0.286. The topological polar surface area (TPSA) is 57.7 Å². The molecule has 0 aliphatic carbocycles. The van der Waals surface area contributed by atoms with Gasteiger partial charge in [0.2, 0.25) is 0 Å². The Kier molecular flexibility index (Phi) is 3.98. The van der Waals surface area contributed by atoms with E-state index in [0.29, 0.717) is 34.6 Å². The van der Waals surface area contributed by atoms with Crippen LogP contribution in [0, 0.1) is 0 Å². The molecule has 110 valence electrons. The van der Waals surface area contributed by atoms with Gasteiger partial charge in [0, 0.05) is 12.0 Å². The van der Waals surface area contributed by atoms with E-state index in [1.54, 1.807) is 0 Å². The molecule has 0 fully saturated rings. The lowest BCUT2D eigenvalue weighted by molar-refractivity contribution is 0.0606. The minimum absolute atomic E-state index is 0.147. The molecule has 5 nitrogen and oxygen atoms in total. The second-order valence-corrected chi connectivity index (χ2v) is 5.70. The summed E-state index contributed by atoms with van der Waals surface area (Å²) in [5, 5.41) is 0.782. The van der Waals surface area contributed by atoms with Crippen molar-refractivity contribution in [2.45, 2.75) is 6.42 Å². The number of hydrogen-bond donors (Lipinski definition) is 0. The molecule has 3 rings (SSSR count). The van der Waals surface area contributed by atoms with E-state index in [-0.39, 0.29) is 5.15 Å². The Balaban J connectivity index is 1.97. The highest BCUT2D eigenvalue weighted by Crippen LogP contribution is 2.37. The van der Waals surface area contributed by atoms with Crippen molar-refractivity contribution >= 4 is 28.9 Å². The number of ether oxygens (including phenoxy) is 3. The maximum Gasteiger partial charge on any atom is 0.351 e. The number of halogens is 1. The van der Waals surface area contributed by atoms with Gasteiger partial charge in [-0.3, -0.25) is 0 Å². The van der Waals surface area contributed by atoms with E-state index in [0.717, 1.165) is 12.0 Å². The quantitative estimate of drug-likeness (QED) is 0.792. The molecule has 2 aromatic rings. The van der Waals surface area contributed by atoms with Crippen LogP contribution in [-0.2, 0) is 4.74 Å². The van der Waals surface area contributed by atoms with Crippen LogP contribution in [0.1, 0.15) is 16.1 Å². The Hall–Kier alpha value is -1.79. The number of rotatable bonds is 2. The van der Waals surface area contributed by atoms with Gasteiger partial charge in [-0.1, -0.05) is 11.6 Å². The summed E-state index contributed by atoms with van der Waals surface area (Å²) in [5.41, 5.74) is 0.821. The number of esters is 1. The summed E-state index contributed by atoms with van der Waals surface area (Å²) in [6, 6.07) is 5.55. The lowest BCUT2D eigenvalue weighted by Crippen LogP contribution is -1.98. The van der Waals surface area contributed by atoms with Crippen molar-refractivity contribution in [3.63, 3.8) is 0 Å². The summed E-state index contributed by atoms with van der Waals surface area (Å²) in [6.07, 6.45) is 0.847. The minimum Gasteiger partial charge on any atom is -0.490 e. The molecule has 0 saturated heterocycles. The van der Waals surface area contributed by atoms with E-state index in [1.165, 1.54) is 18.4 Å². The summed E-state index contributed by atoms with van der Waals surface area (Å²) in [6.45, 7) is 1.25. The lowest BCUT2D eigenvalue weighted by Gasteiger charge is -2.07. The molecule has 2 heterocycles. The van der Waals surface area contributed by atoms with Crippen LogP contribution in [0.25, 0.3) is 10.6 Å². The van der Waals surface area contributed by atoms with Crippen molar-refractivity contribution in [1.82, 2.24) is 4.98 Å². The highest BCUT2D eigenvalue weighted by molar-refractivity contribution is 7.17. The zero-order valence-electron chi connectivity index (χ0n) is 11.2. The SMILES string of the molecule is COC(=O)c1sc(-c2ccc3c(c2)OCCCO3)nc1Cl. The van der Waals surface area contributed by atoms with E-state index in [2.05, 4.69) is 9.72 Å². The molecule has 0 saturated carbocycles. The summed E-state index contributed by atoms with van der Waals surface area (Å²) < 4.78 is 15.9. The molecule has 7 heteroatoms. The number of thiazole rings is 1. The second-order valence-electron chi connectivity index (χ2n) is 4.34. The normalized spacial score (nSPS) is 13.6. The van der Waals surface area contributed by atoms with Gasteiger partial charge in [0.15, 0.2) is 21.5 Å². The number of aromatic nitrogens is 1. The number of benzene rings is 1. The first-order chi connectivity index (χ1) is 10.2. The van der Waals surface area contributed by atoms with Crippen LogP contribution in [0.2, 0.25) is 5.15 Å². The second kappa shape index (κ2) is 5.91. The Labute approximate surface area is 130 Å². The number of methoxy groups -OCH3 is 1. The number of nitrogens with zero attached hydrogens (tertiary/aromatic N) is 1. The number of fused-ring (bicyclic) bond motifs is 1. The first-order valence-corrected chi connectivity index (χ1v) is 7.53. The number of carbonyl (C=O) groups excluding carboxylic acids is 1. The predicted octanol–water partition coefficient (Wildman–Crippen LogP) is 3.41. The standard InChI is InChI=1S/C14H12ClNO4S/c1-18-14(17)11-12(15)16-13(21-11)8-3-4-9-10(7-8)20-6-2-5-19-9/h3-4,7H,2,5-6H2,1H3. The molecule has 0 N–H and O–H groups in total. The molecule has 1 aliphatic heterocycles. The Bertz CT molecular complexity index is 686. The third-order valence-corrected chi connectivity index (χ3v) is 4.42. The van der Waals surface area contributed by atoms with Gasteiger partial charge in [-0.05, 0) is 18.2 Å². The zero-order valence-corrected chi connectivity index (χ0v) is 12.8. The average Bonchev–Trinajstić information content (AvgIpc) is 2.74. The molecule has 1 aromatic heterocycles. The monoisotopic (exact) mass is 325 g/mol. The number of carbonyl (C=O) groups is 1. The van der Waals surface area contributed by atoms with Gasteiger partial charge >= 0.3 is 5.97 Å². The predicted molar refractivity (Wildman–Crippen MR) is 79.5 cm³/mol. The Morgan fingerprint density at radius 3 is 2.86 bits per heavy atom. The van der Waals surface area contributed by atoms with Crippen molar-refractivity contribution in [3.05, 3.63) is 28.2 Å². The van der Waals surface area contributed by atoms with Gasteiger partial charge in [0.05, 0.1) is 20.3 Å². The smallest absolute Gasteiger partial charge is 0.351 e.